The average Bonchev–Trinajstić information content (AvgIpc) is 3.77. The van der Waals surface area contributed by atoms with E-state index in [4.69, 9.17) is 4.42 Å². The van der Waals surface area contributed by atoms with E-state index in [0.717, 1.165) is 94.6 Å². The molecule has 0 aliphatic heterocycles. The minimum absolute atomic E-state index is 0.838. The van der Waals surface area contributed by atoms with E-state index in [1.165, 1.54) is 21.9 Å². The standard InChI is InChI=1S/C64H43NO/c1-5-20-45(21-6-1)54-29-15-16-30-55(54)60-40-51(50-34-33-44-19-13-14-28-49(44)39-50)35-38-61(60)65(52-36-37-57-56-31-17-18-32-62(56)66-63(57)43-52)53-41-58(46-22-7-2-8-23-46)64(48-26-11-4-12-27-48)59(42-53)47-24-9-3-10-25-47/h1-43H. The fraction of sp³-hybridized carbons (Fsp3) is 0. The van der Waals surface area contributed by atoms with Crippen molar-refractivity contribution >= 4 is 49.8 Å². The van der Waals surface area contributed by atoms with Crippen LogP contribution in [0.4, 0.5) is 17.1 Å². The van der Waals surface area contributed by atoms with Crippen LogP contribution in [0.3, 0.4) is 0 Å². The Morgan fingerprint density at radius 3 is 1.45 bits per heavy atom. The molecule has 0 atom stereocenters. The first-order chi connectivity index (χ1) is 32.7. The molecule has 0 radical (unpaired) electrons. The first-order valence-corrected chi connectivity index (χ1v) is 22.6. The van der Waals surface area contributed by atoms with Gasteiger partial charge in [-0.05, 0) is 121 Å². The molecule has 310 valence electrons. The number of para-hydroxylation sites is 1. The second-order valence-electron chi connectivity index (χ2n) is 16.8. The SMILES string of the molecule is c1ccc(-c2ccccc2-c2cc(-c3ccc4ccccc4c3)ccc2N(c2cc(-c3ccccc3)c(-c3ccccc3)c(-c3ccccc3)c2)c2ccc3c(c2)oc2ccccc23)cc1. The molecular weight excluding hydrogens is 799 g/mol. The highest BCUT2D eigenvalue weighted by molar-refractivity contribution is 6.07. The zero-order chi connectivity index (χ0) is 43.8. The summed E-state index contributed by atoms with van der Waals surface area (Å²) < 4.78 is 6.66. The molecule has 0 fully saturated rings. The van der Waals surface area contributed by atoms with Crippen molar-refractivity contribution in [1.29, 1.82) is 0 Å². The van der Waals surface area contributed by atoms with E-state index in [-0.39, 0.29) is 0 Å². The minimum Gasteiger partial charge on any atom is -0.456 e. The van der Waals surface area contributed by atoms with E-state index >= 15 is 0 Å². The van der Waals surface area contributed by atoms with Gasteiger partial charge in [-0.3, -0.25) is 0 Å². The molecular formula is C64H43NO. The molecule has 12 rings (SSSR count). The van der Waals surface area contributed by atoms with Gasteiger partial charge < -0.3 is 9.32 Å². The van der Waals surface area contributed by atoms with E-state index in [9.17, 15) is 0 Å². The van der Waals surface area contributed by atoms with Gasteiger partial charge in [0.25, 0.3) is 0 Å². The van der Waals surface area contributed by atoms with E-state index in [0.29, 0.717) is 0 Å². The first-order valence-electron chi connectivity index (χ1n) is 22.6. The summed E-state index contributed by atoms with van der Waals surface area (Å²) in [6.07, 6.45) is 0. The van der Waals surface area contributed by atoms with E-state index in [2.05, 4.69) is 260 Å². The van der Waals surface area contributed by atoms with E-state index < -0.39 is 0 Å². The number of hydrogen-bond donors (Lipinski definition) is 0. The molecule has 66 heavy (non-hydrogen) atoms. The molecule has 0 amide bonds. The third-order valence-electron chi connectivity index (χ3n) is 12.9. The maximum Gasteiger partial charge on any atom is 0.137 e. The zero-order valence-electron chi connectivity index (χ0n) is 36.2. The van der Waals surface area contributed by atoms with Crippen molar-refractivity contribution < 1.29 is 4.42 Å². The van der Waals surface area contributed by atoms with Crippen LogP contribution in [0.2, 0.25) is 0 Å². The molecule has 0 aliphatic rings. The lowest BCUT2D eigenvalue weighted by atomic mass is 9.86. The lowest BCUT2D eigenvalue weighted by Gasteiger charge is -2.31. The van der Waals surface area contributed by atoms with Crippen molar-refractivity contribution in [1.82, 2.24) is 0 Å². The Labute approximate surface area is 384 Å². The molecule has 0 spiro atoms. The Morgan fingerprint density at radius 1 is 0.258 bits per heavy atom. The monoisotopic (exact) mass is 841 g/mol. The smallest absolute Gasteiger partial charge is 0.137 e. The molecule has 0 bridgehead atoms. The number of hydrogen-bond acceptors (Lipinski definition) is 2. The zero-order valence-corrected chi connectivity index (χ0v) is 36.2. The molecule has 1 aromatic heterocycles. The van der Waals surface area contributed by atoms with Crippen LogP contribution in [-0.2, 0) is 0 Å². The van der Waals surface area contributed by atoms with Crippen molar-refractivity contribution in [2.24, 2.45) is 0 Å². The van der Waals surface area contributed by atoms with Gasteiger partial charge in [-0.15, -0.1) is 0 Å². The number of anilines is 3. The van der Waals surface area contributed by atoms with Crippen LogP contribution in [0.25, 0.3) is 99.5 Å². The second kappa shape index (κ2) is 16.8. The largest absolute Gasteiger partial charge is 0.456 e. The van der Waals surface area contributed by atoms with Crippen molar-refractivity contribution in [3.63, 3.8) is 0 Å². The number of rotatable bonds is 9. The third kappa shape index (κ3) is 7.12. The van der Waals surface area contributed by atoms with Crippen molar-refractivity contribution in [2.45, 2.75) is 0 Å². The van der Waals surface area contributed by atoms with Crippen molar-refractivity contribution in [3.8, 4) is 66.8 Å². The van der Waals surface area contributed by atoms with Crippen molar-refractivity contribution in [3.05, 3.63) is 261 Å². The Balaban J connectivity index is 1.19. The summed E-state index contributed by atoms with van der Waals surface area (Å²) in [6, 6.07) is 94.2. The number of furan rings is 1. The van der Waals surface area contributed by atoms with Gasteiger partial charge >= 0.3 is 0 Å². The summed E-state index contributed by atoms with van der Waals surface area (Å²) in [4.78, 5) is 2.45. The molecule has 0 saturated heterocycles. The summed E-state index contributed by atoms with van der Waals surface area (Å²) in [5.41, 5.74) is 18.6. The predicted molar refractivity (Wildman–Crippen MR) is 279 cm³/mol. The Hall–Kier alpha value is -8.72. The van der Waals surface area contributed by atoms with Crippen LogP contribution in [0.15, 0.2) is 265 Å². The summed E-state index contributed by atoms with van der Waals surface area (Å²) in [7, 11) is 0. The second-order valence-corrected chi connectivity index (χ2v) is 16.8. The number of benzene rings is 11. The van der Waals surface area contributed by atoms with Gasteiger partial charge in [0.15, 0.2) is 0 Å². The lowest BCUT2D eigenvalue weighted by Crippen LogP contribution is -2.12. The lowest BCUT2D eigenvalue weighted by molar-refractivity contribution is 0.669. The average molecular weight is 842 g/mol. The number of fused-ring (bicyclic) bond motifs is 4. The normalized spacial score (nSPS) is 11.3. The van der Waals surface area contributed by atoms with Gasteiger partial charge in [0.2, 0.25) is 0 Å². The van der Waals surface area contributed by atoms with E-state index in [1.807, 2.05) is 6.07 Å². The van der Waals surface area contributed by atoms with Gasteiger partial charge in [-0.25, -0.2) is 0 Å². The van der Waals surface area contributed by atoms with Crippen LogP contribution in [0.1, 0.15) is 0 Å². The molecule has 0 aliphatic carbocycles. The maximum absolute atomic E-state index is 6.66. The fourth-order valence-electron chi connectivity index (χ4n) is 9.73. The third-order valence-corrected chi connectivity index (χ3v) is 12.9. The quantitative estimate of drug-likeness (QED) is 0.144. The maximum atomic E-state index is 6.66. The Bertz CT molecular complexity index is 3630. The predicted octanol–water partition coefficient (Wildman–Crippen LogP) is 18.2. The van der Waals surface area contributed by atoms with E-state index in [1.54, 1.807) is 0 Å². The van der Waals surface area contributed by atoms with Crippen LogP contribution in [0.5, 0.6) is 0 Å². The highest BCUT2D eigenvalue weighted by atomic mass is 16.3. The van der Waals surface area contributed by atoms with Crippen LogP contribution in [-0.4, -0.2) is 0 Å². The summed E-state index contributed by atoms with van der Waals surface area (Å²) in [5.74, 6) is 0. The minimum atomic E-state index is 0.838. The fourth-order valence-corrected chi connectivity index (χ4v) is 9.73. The van der Waals surface area contributed by atoms with Gasteiger partial charge in [0, 0.05) is 33.8 Å². The summed E-state index contributed by atoms with van der Waals surface area (Å²) in [5, 5.41) is 4.63. The summed E-state index contributed by atoms with van der Waals surface area (Å²) in [6.45, 7) is 0. The molecule has 2 heteroatoms. The van der Waals surface area contributed by atoms with Crippen molar-refractivity contribution in [2.75, 3.05) is 4.90 Å². The highest BCUT2D eigenvalue weighted by Crippen LogP contribution is 2.50. The molecule has 0 saturated carbocycles. The van der Waals surface area contributed by atoms with Gasteiger partial charge in [0.1, 0.15) is 11.2 Å². The van der Waals surface area contributed by atoms with Crippen LogP contribution in [0, 0.1) is 0 Å². The molecule has 0 unspecified atom stereocenters. The first kappa shape index (κ1) is 38.9. The number of nitrogens with zero attached hydrogens (tertiary/aromatic N) is 1. The molecule has 11 aromatic carbocycles. The van der Waals surface area contributed by atoms with Gasteiger partial charge in [0.05, 0.1) is 5.69 Å². The van der Waals surface area contributed by atoms with Gasteiger partial charge in [-0.1, -0.05) is 206 Å². The molecule has 1 heterocycles. The van der Waals surface area contributed by atoms with Crippen LogP contribution < -0.4 is 4.90 Å². The van der Waals surface area contributed by atoms with Gasteiger partial charge in [-0.2, -0.15) is 0 Å². The topological polar surface area (TPSA) is 16.4 Å². The molecule has 0 N–H and O–H groups in total. The highest BCUT2D eigenvalue weighted by Gasteiger charge is 2.25. The molecule has 2 nitrogen and oxygen atoms in total. The molecule has 12 aromatic rings. The van der Waals surface area contributed by atoms with Crippen LogP contribution >= 0.6 is 0 Å². The Kier molecular flexibility index (Phi) is 9.89. The Morgan fingerprint density at radius 2 is 0.773 bits per heavy atom. The summed E-state index contributed by atoms with van der Waals surface area (Å²) >= 11 is 0.